The Labute approximate surface area is 114 Å². The lowest BCUT2D eigenvalue weighted by molar-refractivity contribution is 0.151. The average Bonchev–Trinajstić information content (AvgIpc) is 2.21. The minimum Gasteiger partial charge on any atom is -0.325 e. The molecule has 1 atom stereocenters. The van der Waals surface area contributed by atoms with Crippen molar-refractivity contribution in [3.05, 3.63) is 34.6 Å². The van der Waals surface area contributed by atoms with Crippen molar-refractivity contribution in [2.75, 3.05) is 0 Å². The van der Waals surface area contributed by atoms with Gasteiger partial charge in [0, 0.05) is 5.54 Å². The number of halogens is 2. The van der Waals surface area contributed by atoms with Gasteiger partial charge < -0.3 is 5.73 Å². The first kappa shape index (κ1) is 13.8. The average molecular weight is 270 g/mol. The number of nitrogens with two attached hydrogens (primary N) is 1. The van der Waals surface area contributed by atoms with Crippen LogP contribution in [-0.4, -0.2) is 5.54 Å². The summed E-state index contributed by atoms with van der Waals surface area (Å²) in [5.74, 6) is -0.365. The minimum atomic E-state index is -0.365. The molecule has 18 heavy (non-hydrogen) atoms. The first-order valence-electron chi connectivity index (χ1n) is 6.53. The van der Waals surface area contributed by atoms with Crippen LogP contribution in [0.25, 0.3) is 0 Å². The highest BCUT2D eigenvalue weighted by Crippen LogP contribution is 2.41. The Kier molecular flexibility index (Phi) is 3.70. The molecular weight excluding hydrogens is 249 g/mol. The van der Waals surface area contributed by atoms with E-state index >= 15 is 0 Å². The summed E-state index contributed by atoms with van der Waals surface area (Å²) in [5.41, 5.74) is 7.67. The molecule has 1 nitrogen and oxygen atoms in total. The van der Waals surface area contributed by atoms with Crippen LogP contribution in [0.2, 0.25) is 5.02 Å². The van der Waals surface area contributed by atoms with E-state index in [1.807, 2.05) is 0 Å². The van der Waals surface area contributed by atoms with Gasteiger partial charge in [-0.2, -0.15) is 0 Å². The highest BCUT2D eigenvalue weighted by Gasteiger charge is 2.36. The van der Waals surface area contributed by atoms with Gasteiger partial charge in [-0.15, -0.1) is 0 Å². The summed E-state index contributed by atoms with van der Waals surface area (Å²) in [4.78, 5) is 0. The molecule has 0 saturated heterocycles. The zero-order valence-corrected chi connectivity index (χ0v) is 11.9. The predicted octanol–water partition coefficient (Wildman–Crippen LogP) is 4.32. The van der Waals surface area contributed by atoms with Crippen molar-refractivity contribution in [3.63, 3.8) is 0 Å². The van der Waals surface area contributed by atoms with Gasteiger partial charge >= 0.3 is 0 Å². The second-order valence-corrected chi connectivity index (χ2v) is 6.89. The molecule has 0 aromatic heterocycles. The summed E-state index contributed by atoms with van der Waals surface area (Å²) in [7, 11) is 0. The lowest BCUT2D eigenvalue weighted by atomic mass is 9.66. The van der Waals surface area contributed by atoms with Gasteiger partial charge in [0.1, 0.15) is 5.82 Å². The quantitative estimate of drug-likeness (QED) is 0.850. The van der Waals surface area contributed by atoms with Crippen LogP contribution in [-0.2, 0) is 6.42 Å². The van der Waals surface area contributed by atoms with Gasteiger partial charge in [-0.1, -0.05) is 37.9 Å². The molecule has 0 heterocycles. The maximum Gasteiger partial charge on any atom is 0.141 e. The number of benzene rings is 1. The second-order valence-electron chi connectivity index (χ2n) is 6.48. The third kappa shape index (κ3) is 3.24. The van der Waals surface area contributed by atoms with Gasteiger partial charge in [0.05, 0.1) is 5.02 Å². The molecule has 100 valence electrons. The normalized spacial score (nSPS) is 27.2. The molecule has 1 aliphatic carbocycles. The van der Waals surface area contributed by atoms with Crippen molar-refractivity contribution >= 4 is 11.6 Å². The fourth-order valence-electron chi connectivity index (χ4n) is 3.26. The molecule has 1 aliphatic rings. The number of rotatable bonds is 2. The summed E-state index contributed by atoms with van der Waals surface area (Å²) < 4.78 is 13.1. The Bertz CT molecular complexity index is 444. The molecule has 0 aliphatic heterocycles. The Morgan fingerprint density at radius 3 is 2.67 bits per heavy atom. The summed E-state index contributed by atoms with van der Waals surface area (Å²) in [6.07, 6.45) is 5.21. The largest absolute Gasteiger partial charge is 0.325 e. The maximum atomic E-state index is 13.1. The molecule has 0 bridgehead atoms. The van der Waals surface area contributed by atoms with E-state index in [0.717, 1.165) is 24.8 Å². The monoisotopic (exact) mass is 269 g/mol. The van der Waals surface area contributed by atoms with Crippen LogP contribution in [0, 0.1) is 11.2 Å². The molecular formula is C15H21ClFN. The smallest absolute Gasteiger partial charge is 0.141 e. The van der Waals surface area contributed by atoms with E-state index in [9.17, 15) is 4.39 Å². The van der Waals surface area contributed by atoms with E-state index in [1.165, 1.54) is 18.9 Å². The molecule has 2 rings (SSSR count). The Hall–Kier alpha value is -0.600. The van der Waals surface area contributed by atoms with Crippen molar-refractivity contribution in [2.24, 2.45) is 11.1 Å². The van der Waals surface area contributed by atoms with Crippen LogP contribution in [0.3, 0.4) is 0 Å². The van der Waals surface area contributed by atoms with Gasteiger partial charge in [-0.25, -0.2) is 4.39 Å². The van der Waals surface area contributed by atoms with Crippen molar-refractivity contribution < 1.29 is 4.39 Å². The minimum absolute atomic E-state index is 0.178. The SMILES string of the molecule is CC1(C)CCCC(N)(Cc2ccc(F)c(Cl)c2)C1. The van der Waals surface area contributed by atoms with E-state index in [4.69, 9.17) is 17.3 Å². The van der Waals surface area contributed by atoms with Gasteiger partial charge in [0.2, 0.25) is 0 Å². The van der Waals surface area contributed by atoms with E-state index in [-0.39, 0.29) is 16.4 Å². The molecule has 0 amide bonds. The van der Waals surface area contributed by atoms with Crippen molar-refractivity contribution in [3.8, 4) is 0 Å². The van der Waals surface area contributed by atoms with Crippen LogP contribution in [0.1, 0.15) is 45.1 Å². The van der Waals surface area contributed by atoms with E-state index in [0.29, 0.717) is 5.41 Å². The summed E-state index contributed by atoms with van der Waals surface area (Å²) in [5, 5.41) is 0.186. The van der Waals surface area contributed by atoms with E-state index in [2.05, 4.69) is 13.8 Å². The first-order chi connectivity index (χ1) is 8.30. The highest BCUT2D eigenvalue weighted by atomic mass is 35.5. The standard InChI is InChI=1S/C15H21ClFN/c1-14(2)6-3-7-15(18,10-14)9-11-4-5-13(17)12(16)8-11/h4-5,8H,3,6-7,9-10,18H2,1-2H3. The summed E-state index contributed by atoms with van der Waals surface area (Å²) in [6, 6.07) is 4.92. The van der Waals surface area contributed by atoms with Crippen LogP contribution >= 0.6 is 11.6 Å². The van der Waals surface area contributed by atoms with Crippen LogP contribution < -0.4 is 5.73 Å². The second kappa shape index (κ2) is 4.82. The molecule has 3 heteroatoms. The zero-order valence-electron chi connectivity index (χ0n) is 11.1. The number of hydrogen-bond donors (Lipinski definition) is 1. The summed E-state index contributed by atoms with van der Waals surface area (Å²) >= 11 is 5.82. The van der Waals surface area contributed by atoms with Crippen LogP contribution in [0.15, 0.2) is 18.2 Å². The molecule has 1 saturated carbocycles. The molecule has 0 radical (unpaired) electrons. The highest BCUT2D eigenvalue weighted by molar-refractivity contribution is 6.30. The van der Waals surface area contributed by atoms with Gasteiger partial charge in [-0.05, 0) is 48.8 Å². The molecule has 1 aromatic carbocycles. The number of hydrogen-bond acceptors (Lipinski definition) is 1. The van der Waals surface area contributed by atoms with Gasteiger partial charge in [-0.3, -0.25) is 0 Å². The van der Waals surface area contributed by atoms with Crippen molar-refractivity contribution in [2.45, 2.75) is 51.5 Å². The topological polar surface area (TPSA) is 26.0 Å². The molecule has 2 N–H and O–H groups in total. The lowest BCUT2D eigenvalue weighted by Gasteiger charge is -2.42. The third-order valence-electron chi connectivity index (χ3n) is 3.90. The Morgan fingerprint density at radius 2 is 2.06 bits per heavy atom. The molecule has 1 aromatic rings. The summed E-state index contributed by atoms with van der Waals surface area (Å²) in [6.45, 7) is 4.54. The van der Waals surface area contributed by atoms with E-state index in [1.54, 1.807) is 12.1 Å². The van der Waals surface area contributed by atoms with Crippen molar-refractivity contribution in [1.29, 1.82) is 0 Å². The maximum absolute atomic E-state index is 13.1. The first-order valence-corrected chi connectivity index (χ1v) is 6.90. The van der Waals surface area contributed by atoms with Crippen molar-refractivity contribution in [1.82, 2.24) is 0 Å². The molecule has 0 spiro atoms. The Morgan fingerprint density at radius 1 is 1.33 bits per heavy atom. The lowest BCUT2D eigenvalue weighted by Crippen LogP contribution is -2.48. The fourth-order valence-corrected chi connectivity index (χ4v) is 3.46. The predicted molar refractivity (Wildman–Crippen MR) is 74.3 cm³/mol. The third-order valence-corrected chi connectivity index (χ3v) is 4.19. The molecule has 1 unspecified atom stereocenters. The fraction of sp³-hybridized carbons (Fsp3) is 0.600. The van der Waals surface area contributed by atoms with Gasteiger partial charge in [0.25, 0.3) is 0 Å². The van der Waals surface area contributed by atoms with E-state index < -0.39 is 0 Å². The Balaban J connectivity index is 2.14. The van der Waals surface area contributed by atoms with Crippen LogP contribution in [0.4, 0.5) is 4.39 Å². The zero-order chi connectivity index (χ0) is 13.4. The molecule has 1 fully saturated rings. The van der Waals surface area contributed by atoms with Crippen LogP contribution in [0.5, 0.6) is 0 Å². The van der Waals surface area contributed by atoms with Gasteiger partial charge in [0.15, 0.2) is 0 Å².